The van der Waals surface area contributed by atoms with E-state index < -0.39 is 50.6 Å². The molecule has 3 fully saturated rings. The molecule has 1 aromatic carbocycles. The average Bonchev–Trinajstić information content (AvgIpc) is 3.91. The van der Waals surface area contributed by atoms with Gasteiger partial charge in [-0.25, -0.2) is 13.4 Å². The third-order valence-electron chi connectivity index (χ3n) is 10.2. The van der Waals surface area contributed by atoms with Gasteiger partial charge in [0.15, 0.2) is 0 Å². The molecule has 3 saturated carbocycles. The summed E-state index contributed by atoms with van der Waals surface area (Å²) >= 11 is 0. The highest BCUT2D eigenvalue weighted by molar-refractivity contribution is 7.91. The molecule has 0 bridgehead atoms. The molecule has 2 N–H and O–H groups in total. The number of pyridine rings is 1. The Kier molecular flexibility index (Phi) is 8.30. The molecule has 5 aliphatic rings. The van der Waals surface area contributed by atoms with Crippen molar-refractivity contribution in [1.29, 1.82) is 0 Å². The number of ether oxygens (including phenoxy) is 3. The first-order valence-corrected chi connectivity index (χ1v) is 18.3. The Hall–Kier alpha value is -3.87. The highest BCUT2D eigenvalue weighted by Gasteiger charge is 2.62. The van der Waals surface area contributed by atoms with Crippen LogP contribution in [0.25, 0.3) is 10.9 Å². The average molecular weight is 667 g/mol. The number of benzene rings is 1. The number of allylic oxidation sites excluding steroid dienone is 1. The Morgan fingerprint density at radius 2 is 2.00 bits per heavy atom. The van der Waals surface area contributed by atoms with Crippen LogP contribution in [-0.4, -0.2) is 79.7 Å². The van der Waals surface area contributed by atoms with E-state index in [0.717, 1.165) is 47.9 Å². The summed E-state index contributed by atoms with van der Waals surface area (Å²) in [5.74, 6) is -1.32. The molecule has 252 valence electrons. The van der Waals surface area contributed by atoms with Crippen LogP contribution in [0.3, 0.4) is 0 Å². The molecular formula is C34H42N4O8S. The van der Waals surface area contributed by atoms with E-state index >= 15 is 0 Å². The summed E-state index contributed by atoms with van der Waals surface area (Å²) in [5, 5.41) is 3.16. The van der Waals surface area contributed by atoms with Gasteiger partial charge in [0, 0.05) is 42.9 Å². The molecule has 0 radical (unpaired) electrons. The molecule has 2 aromatic rings. The quantitative estimate of drug-likeness (QED) is 0.425. The van der Waals surface area contributed by atoms with E-state index in [2.05, 4.69) is 10.0 Å². The monoisotopic (exact) mass is 666 g/mol. The van der Waals surface area contributed by atoms with Gasteiger partial charge in [0.2, 0.25) is 27.7 Å². The second-order valence-corrected chi connectivity index (χ2v) is 15.4. The van der Waals surface area contributed by atoms with Crippen molar-refractivity contribution in [3.63, 3.8) is 0 Å². The van der Waals surface area contributed by atoms with Crippen molar-refractivity contribution in [1.82, 2.24) is 19.9 Å². The summed E-state index contributed by atoms with van der Waals surface area (Å²) in [6, 6.07) is 5.57. The van der Waals surface area contributed by atoms with E-state index in [1.165, 1.54) is 0 Å². The largest absolute Gasteiger partial charge is 0.493 e. The SMILES string of the molecule is CCOc1cc(O[C@@H]2C[C@H]3C(=O)N[C@@]4(C(=O)NS(=O)(=O)C5CC5)C[C@H]4/C=C\CCCCN(C)C(=O)[C@@H]3C2)c2ccc3c(c2n1)CCO3. The Bertz CT molecular complexity index is 1740. The van der Waals surface area contributed by atoms with Crippen molar-refractivity contribution in [2.45, 2.75) is 81.6 Å². The Balaban J connectivity index is 1.18. The maximum Gasteiger partial charge on any atom is 0.259 e. The number of nitrogens with zero attached hydrogens (tertiary/aromatic N) is 2. The minimum absolute atomic E-state index is 0.143. The lowest BCUT2D eigenvalue weighted by Crippen LogP contribution is -2.54. The summed E-state index contributed by atoms with van der Waals surface area (Å²) in [7, 11) is -2.05. The normalized spacial score (nSPS) is 29.9. The Morgan fingerprint density at radius 1 is 1.19 bits per heavy atom. The van der Waals surface area contributed by atoms with Crippen LogP contribution in [0.2, 0.25) is 0 Å². The number of carbonyl (C=O) groups is 3. The molecule has 0 spiro atoms. The van der Waals surface area contributed by atoms with Gasteiger partial charge in [-0.3, -0.25) is 19.1 Å². The number of nitrogens with one attached hydrogen (secondary N) is 2. The minimum atomic E-state index is -3.81. The van der Waals surface area contributed by atoms with Gasteiger partial charge in [-0.1, -0.05) is 12.2 Å². The first-order chi connectivity index (χ1) is 22.6. The molecule has 3 amide bonds. The molecule has 1 aromatic heterocycles. The zero-order chi connectivity index (χ0) is 32.9. The fourth-order valence-electron chi connectivity index (χ4n) is 7.31. The molecule has 0 unspecified atom stereocenters. The topological polar surface area (TPSA) is 153 Å². The van der Waals surface area contributed by atoms with Crippen molar-refractivity contribution in [2.24, 2.45) is 17.8 Å². The van der Waals surface area contributed by atoms with Crippen LogP contribution in [0.1, 0.15) is 63.9 Å². The Morgan fingerprint density at radius 3 is 2.79 bits per heavy atom. The lowest BCUT2D eigenvalue weighted by molar-refractivity contribution is -0.140. The Labute approximate surface area is 274 Å². The van der Waals surface area contributed by atoms with Gasteiger partial charge in [-0.15, -0.1) is 0 Å². The van der Waals surface area contributed by atoms with Gasteiger partial charge >= 0.3 is 0 Å². The van der Waals surface area contributed by atoms with Crippen LogP contribution < -0.4 is 24.2 Å². The van der Waals surface area contributed by atoms with E-state index in [9.17, 15) is 22.8 Å². The molecule has 7 rings (SSSR count). The lowest BCUT2D eigenvalue weighted by atomic mass is 9.93. The molecule has 12 nitrogen and oxygen atoms in total. The zero-order valence-corrected chi connectivity index (χ0v) is 27.6. The van der Waals surface area contributed by atoms with Crippen molar-refractivity contribution < 1.29 is 37.0 Å². The van der Waals surface area contributed by atoms with Crippen molar-refractivity contribution in [3.8, 4) is 17.4 Å². The van der Waals surface area contributed by atoms with Crippen LogP contribution in [0.4, 0.5) is 0 Å². The number of carbonyl (C=O) groups excluding carboxylic acids is 3. The number of aromatic nitrogens is 1. The van der Waals surface area contributed by atoms with E-state index in [-0.39, 0.29) is 18.2 Å². The van der Waals surface area contributed by atoms with Crippen LogP contribution in [-0.2, 0) is 30.8 Å². The van der Waals surface area contributed by atoms with Crippen molar-refractivity contribution in [3.05, 3.63) is 35.9 Å². The van der Waals surface area contributed by atoms with E-state index in [4.69, 9.17) is 19.2 Å². The number of amides is 3. The smallest absolute Gasteiger partial charge is 0.259 e. The molecule has 3 aliphatic carbocycles. The third-order valence-corrected chi connectivity index (χ3v) is 12.0. The van der Waals surface area contributed by atoms with Crippen molar-refractivity contribution in [2.75, 3.05) is 26.8 Å². The molecule has 0 saturated heterocycles. The summed E-state index contributed by atoms with van der Waals surface area (Å²) in [6.07, 6.45) is 8.41. The number of fused-ring (bicyclic) bond motifs is 5. The van der Waals surface area contributed by atoms with Crippen molar-refractivity contribution >= 4 is 38.6 Å². The van der Waals surface area contributed by atoms with E-state index in [0.29, 0.717) is 57.1 Å². The highest BCUT2D eigenvalue weighted by atomic mass is 32.2. The number of hydrogen-bond acceptors (Lipinski definition) is 9. The van der Waals surface area contributed by atoms with Gasteiger partial charge < -0.3 is 24.4 Å². The van der Waals surface area contributed by atoms with Gasteiger partial charge in [0.1, 0.15) is 23.1 Å². The van der Waals surface area contributed by atoms with Crippen LogP contribution in [0.15, 0.2) is 30.4 Å². The predicted molar refractivity (Wildman–Crippen MR) is 172 cm³/mol. The number of sulfonamides is 1. The molecule has 2 aliphatic heterocycles. The molecule has 13 heteroatoms. The highest BCUT2D eigenvalue weighted by Crippen LogP contribution is 2.47. The fourth-order valence-corrected chi connectivity index (χ4v) is 8.67. The zero-order valence-electron chi connectivity index (χ0n) is 26.8. The summed E-state index contributed by atoms with van der Waals surface area (Å²) < 4.78 is 45.8. The van der Waals surface area contributed by atoms with Gasteiger partial charge in [-0.05, 0) is 70.4 Å². The molecule has 47 heavy (non-hydrogen) atoms. The van der Waals surface area contributed by atoms with Gasteiger partial charge in [-0.2, -0.15) is 0 Å². The van der Waals surface area contributed by atoms with Crippen LogP contribution in [0, 0.1) is 17.8 Å². The standard InChI is InChI=1S/C34H42N4O8S/c1-3-44-29-18-28(23-11-12-27-24(13-15-45-27)30(23)35-29)46-21-16-25-26(17-21)32(40)38(2)14-7-5-4-6-8-20-19-34(20,36-31(25)39)33(41)37-47(42,43)22-9-10-22/h6,8,11-12,18,20-22,25-26H,3-5,7,9-10,13-17,19H2,1-2H3,(H,36,39)(H,37,41)/b8-6-/t20-,21-,25-,26-,34+/m1/s1. The first kappa shape index (κ1) is 31.7. The summed E-state index contributed by atoms with van der Waals surface area (Å²) in [4.78, 5) is 47.9. The van der Waals surface area contributed by atoms with Gasteiger partial charge in [0.25, 0.3) is 5.91 Å². The lowest BCUT2D eigenvalue weighted by Gasteiger charge is -2.26. The number of hydrogen-bond donors (Lipinski definition) is 2. The number of rotatable bonds is 7. The summed E-state index contributed by atoms with van der Waals surface area (Å²) in [5.41, 5.74) is 0.354. The van der Waals surface area contributed by atoms with Crippen LogP contribution >= 0.6 is 0 Å². The summed E-state index contributed by atoms with van der Waals surface area (Å²) in [6.45, 7) is 3.45. The molecule has 5 atom stereocenters. The molecular weight excluding hydrogens is 624 g/mol. The van der Waals surface area contributed by atoms with Gasteiger partial charge in [0.05, 0.1) is 35.8 Å². The van der Waals surface area contributed by atoms with E-state index in [1.807, 2.05) is 31.2 Å². The second kappa shape index (κ2) is 12.3. The second-order valence-electron chi connectivity index (χ2n) is 13.5. The fraction of sp³-hybridized carbons (Fsp3) is 0.588. The third kappa shape index (κ3) is 6.14. The maximum absolute atomic E-state index is 14.1. The first-order valence-electron chi connectivity index (χ1n) is 16.8. The maximum atomic E-state index is 14.1. The minimum Gasteiger partial charge on any atom is -0.493 e. The predicted octanol–water partition coefficient (Wildman–Crippen LogP) is 3.02. The van der Waals surface area contributed by atoms with Crippen LogP contribution in [0.5, 0.6) is 17.4 Å². The van der Waals surface area contributed by atoms with E-state index in [1.54, 1.807) is 18.0 Å². The molecule has 3 heterocycles.